The highest BCUT2D eigenvalue weighted by molar-refractivity contribution is 9.10. The molecule has 0 saturated heterocycles. The zero-order chi connectivity index (χ0) is 28.5. The van der Waals surface area contributed by atoms with E-state index in [2.05, 4.69) is 178 Å². The van der Waals surface area contributed by atoms with Crippen LogP contribution in [0.15, 0.2) is 162 Å². The van der Waals surface area contributed by atoms with E-state index in [0.29, 0.717) is 0 Å². The van der Waals surface area contributed by atoms with Gasteiger partial charge in [-0.1, -0.05) is 137 Å². The zero-order valence-corrected chi connectivity index (χ0v) is 24.9. The Hall–Kier alpha value is -4.92. The van der Waals surface area contributed by atoms with Crippen molar-refractivity contribution in [1.82, 2.24) is 4.57 Å². The molecular weight excluding hydrogens is 586 g/mol. The third-order valence-corrected chi connectivity index (χ3v) is 9.84. The van der Waals surface area contributed by atoms with Crippen LogP contribution < -0.4 is 0 Å². The van der Waals surface area contributed by atoms with E-state index in [4.69, 9.17) is 0 Å². The van der Waals surface area contributed by atoms with Crippen molar-refractivity contribution in [3.05, 3.63) is 185 Å². The third kappa shape index (κ3) is 3.39. The molecule has 8 aromatic rings. The van der Waals surface area contributed by atoms with E-state index in [1.165, 1.54) is 65.8 Å². The Kier molecular flexibility index (Phi) is 5.33. The van der Waals surface area contributed by atoms with E-state index in [0.717, 1.165) is 10.2 Å². The van der Waals surface area contributed by atoms with E-state index in [1.54, 1.807) is 0 Å². The standard InChI is InChI=1S/C41H26BrN/c42-29-19-21-34-35-22-20-30(43-24-23-37-33-17-8-7-15-31(33)32-16-9-10-18-36(32)40(37)43)26-39(35)41(38(34)25-29,27-11-3-1-4-12-27)28-13-5-2-6-14-28/h1-26H. The summed E-state index contributed by atoms with van der Waals surface area (Å²) in [6, 6.07) is 55.7. The fourth-order valence-corrected chi connectivity index (χ4v) is 7.98. The highest BCUT2D eigenvalue weighted by Gasteiger charge is 2.46. The van der Waals surface area contributed by atoms with Crippen LogP contribution in [0.2, 0.25) is 0 Å². The molecule has 1 aromatic heterocycles. The van der Waals surface area contributed by atoms with Gasteiger partial charge in [0, 0.05) is 27.1 Å². The van der Waals surface area contributed by atoms with Crippen LogP contribution in [0.5, 0.6) is 0 Å². The Morgan fingerprint density at radius 1 is 0.442 bits per heavy atom. The first-order valence-electron chi connectivity index (χ1n) is 14.7. The highest BCUT2D eigenvalue weighted by Crippen LogP contribution is 2.57. The Morgan fingerprint density at radius 3 is 1.56 bits per heavy atom. The molecule has 0 saturated carbocycles. The molecule has 1 heterocycles. The van der Waals surface area contributed by atoms with E-state index in [1.807, 2.05) is 0 Å². The van der Waals surface area contributed by atoms with Crippen LogP contribution in [-0.2, 0) is 5.41 Å². The first-order chi connectivity index (χ1) is 21.2. The highest BCUT2D eigenvalue weighted by atomic mass is 79.9. The maximum absolute atomic E-state index is 3.82. The van der Waals surface area contributed by atoms with Crippen LogP contribution >= 0.6 is 15.9 Å². The second-order valence-electron chi connectivity index (χ2n) is 11.4. The van der Waals surface area contributed by atoms with Gasteiger partial charge in [0.05, 0.1) is 10.9 Å². The Balaban J connectivity index is 1.40. The van der Waals surface area contributed by atoms with Crippen molar-refractivity contribution in [1.29, 1.82) is 0 Å². The number of aromatic nitrogens is 1. The quantitative estimate of drug-likeness (QED) is 0.175. The summed E-state index contributed by atoms with van der Waals surface area (Å²) in [6.45, 7) is 0. The first kappa shape index (κ1) is 24.7. The summed E-state index contributed by atoms with van der Waals surface area (Å²) >= 11 is 3.82. The molecule has 0 N–H and O–H groups in total. The van der Waals surface area contributed by atoms with E-state index in [9.17, 15) is 0 Å². The number of nitrogens with zero attached hydrogens (tertiary/aromatic N) is 1. The molecule has 0 fully saturated rings. The Bertz CT molecular complexity index is 2310. The Labute approximate surface area is 258 Å². The molecule has 0 aliphatic heterocycles. The van der Waals surface area contributed by atoms with Crippen molar-refractivity contribution >= 4 is 48.4 Å². The van der Waals surface area contributed by atoms with Gasteiger partial charge in [0.25, 0.3) is 0 Å². The number of rotatable bonds is 3. The van der Waals surface area contributed by atoms with Crippen molar-refractivity contribution in [2.24, 2.45) is 0 Å². The van der Waals surface area contributed by atoms with Gasteiger partial charge in [-0.15, -0.1) is 0 Å². The summed E-state index contributed by atoms with van der Waals surface area (Å²) < 4.78 is 3.48. The molecule has 0 radical (unpaired) electrons. The maximum atomic E-state index is 3.82. The number of hydrogen-bond donors (Lipinski definition) is 0. The number of fused-ring (bicyclic) bond motifs is 9. The minimum atomic E-state index is -0.454. The lowest BCUT2D eigenvalue weighted by molar-refractivity contribution is 0.767. The normalized spacial score (nSPS) is 13.4. The van der Waals surface area contributed by atoms with E-state index < -0.39 is 5.41 Å². The predicted octanol–water partition coefficient (Wildman–Crippen LogP) is 11.1. The Morgan fingerprint density at radius 2 is 0.930 bits per heavy atom. The van der Waals surface area contributed by atoms with E-state index >= 15 is 0 Å². The second kappa shape index (κ2) is 9.29. The first-order valence-corrected chi connectivity index (χ1v) is 15.5. The molecule has 0 bridgehead atoms. The van der Waals surface area contributed by atoms with Crippen LogP contribution in [0.3, 0.4) is 0 Å². The summed E-state index contributed by atoms with van der Waals surface area (Å²) in [4.78, 5) is 0. The average Bonchev–Trinajstić information content (AvgIpc) is 3.64. The lowest BCUT2D eigenvalue weighted by Gasteiger charge is -2.34. The molecule has 7 aromatic carbocycles. The second-order valence-corrected chi connectivity index (χ2v) is 12.4. The maximum Gasteiger partial charge on any atom is 0.0714 e. The lowest BCUT2D eigenvalue weighted by Crippen LogP contribution is -2.28. The van der Waals surface area contributed by atoms with Gasteiger partial charge >= 0.3 is 0 Å². The fourth-order valence-electron chi connectivity index (χ4n) is 7.62. The largest absolute Gasteiger partial charge is 0.316 e. The molecule has 9 rings (SSSR count). The van der Waals surface area contributed by atoms with Crippen molar-refractivity contribution in [2.45, 2.75) is 5.41 Å². The SMILES string of the molecule is Brc1ccc2c(c1)C(c1ccccc1)(c1ccccc1)c1cc(-n3ccc4c5ccccc5c5ccccc5c43)ccc1-2. The molecule has 202 valence electrons. The number of halogens is 1. The van der Waals surface area contributed by atoms with Crippen LogP contribution in [0.1, 0.15) is 22.3 Å². The van der Waals surface area contributed by atoms with Crippen LogP contribution in [-0.4, -0.2) is 4.57 Å². The van der Waals surface area contributed by atoms with E-state index in [-0.39, 0.29) is 0 Å². The van der Waals surface area contributed by atoms with Crippen LogP contribution in [0.4, 0.5) is 0 Å². The van der Waals surface area contributed by atoms with Gasteiger partial charge in [0.2, 0.25) is 0 Å². The molecule has 0 unspecified atom stereocenters. The molecule has 2 heteroatoms. The number of benzene rings is 7. The smallest absolute Gasteiger partial charge is 0.0714 e. The van der Waals surface area contributed by atoms with Crippen molar-refractivity contribution in [2.75, 3.05) is 0 Å². The summed E-state index contributed by atoms with van der Waals surface area (Å²) in [7, 11) is 0. The minimum absolute atomic E-state index is 0.454. The molecule has 0 amide bonds. The lowest BCUT2D eigenvalue weighted by atomic mass is 9.67. The van der Waals surface area contributed by atoms with Crippen molar-refractivity contribution in [3.8, 4) is 16.8 Å². The predicted molar refractivity (Wildman–Crippen MR) is 183 cm³/mol. The minimum Gasteiger partial charge on any atom is -0.316 e. The summed E-state index contributed by atoms with van der Waals surface area (Å²) in [5, 5.41) is 6.42. The van der Waals surface area contributed by atoms with Crippen molar-refractivity contribution < 1.29 is 0 Å². The molecule has 0 atom stereocenters. The molecule has 1 aliphatic rings. The van der Waals surface area contributed by atoms with Gasteiger partial charge in [-0.25, -0.2) is 0 Å². The molecule has 43 heavy (non-hydrogen) atoms. The average molecular weight is 613 g/mol. The van der Waals surface area contributed by atoms with Gasteiger partial charge in [0.15, 0.2) is 0 Å². The molecular formula is C41H26BrN. The fraction of sp³-hybridized carbons (Fsp3) is 0.0244. The van der Waals surface area contributed by atoms with Crippen LogP contribution in [0, 0.1) is 0 Å². The third-order valence-electron chi connectivity index (χ3n) is 9.35. The van der Waals surface area contributed by atoms with Gasteiger partial charge < -0.3 is 4.57 Å². The monoisotopic (exact) mass is 611 g/mol. The topological polar surface area (TPSA) is 4.93 Å². The zero-order valence-electron chi connectivity index (χ0n) is 23.3. The summed E-state index contributed by atoms with van der Waals surface area (Å²) in [5.41, 5.74) is 9.68. The van der Waals surface area contributed by atoms with Gasteiger partial charge in [-0.05, 0) is 79.9 Å². The van der Waals surface area contributed by atoms with Crippen molar-refractivity contribution in [3.63, 3.8) is 0 Å². The van der Waals surface area contributed by atoms with Gasteiger partial charge in [0.1, 0.15) is 0 Å². The number of hydrogen-bond acceptors (Lipinski definition) is 0. The molecule has 1 aliphatic carbocycles. The van der Waals surface area contributed by atoms with Gasteiger partial charge in [-0.3, -0.25) is 0 Å². The van der Waals surface area contributed by atoms with Crippen LogP contribution in [0.25, 0.3) is 49.3 Å². The molecule has 0 spiro atoms. The van der Waals surface area contributed by atoms with Gasteiger partial charge in [-0.2, -0.15) is 0 Å². The summed E-state index contributed by atoms with van der Waals surface area (Å²) in [5.74, 6) is 0. The molecule has 1 nitrogen and oxygen atoms in total. The summed E-state index contributed by atoms with van der Waals surface area (Å²) in [6.07, 6.45) is 2.25.